The monoisotopic (exact) mass is 485 g/mol. The molecule has 1 saturated heterocycles. The number of carbonyl (C=O) groups is 1. The van der Waals surface area contributed by atoms with E-state index in [9.17, 15) is 15.0 Å². The maximum absolute atomic E-state index is 12.3. The van der Waals surface area contributed by atoms with Crippen molar-refractivity contribution >= 4 is 17.2 Å². The van der Waals surface area contributed by atoms with Crippen molar-refractivity contribution in [2.24, 2.45) is 0 Å². The van der Waals surface area contributed by atoms with E-state index >= 15 is 0 Å². The van der Waals surface area contributed by atoms with Crippen molar-refractivity contribution in [2.75, 3.05) is 19.7 Å². The van der Waals surface area contributed by atoms with Gasteiger partial charge in [0, 0.05) is 25.6 Å². The van der Waals surface area contributed by atoms with Crippen LogP contribution in [0.3, 0.4) is 0 Å². The van der Waals surface area contributed by atoms with Gasteiger partial charge >= 0.3 is 6.09 Å². The summed E-state index contributed by atoms with van der Waals surface area (Å²) in [6.07, 6.45) is 1.13. The summed E-state index contributed by atoms with van der Waals surface area (Å²) in [6, 6.07) is 26.1. The number of rotatable bonds is 7. The zero-order valence-corrected chi connectivity index (χ0v) is 21.3. The van der Waals surface area contributed by atoms with Crippen LogP contribution >= 0.6 is 0 Å². The minimum atomic E-state index is -0.493. The third kappa shape index (κ3) is 6.16. The van der Waals surface area contributed by atoms with Gasteiger partial charge in [-0.15, -0.1) is 0 Å². The van der Waals surface area contributed by atoms with E-state index in [1.54, 1.807) is 17.0 Å². The number of benzene rings is 3. The van der Waals surface area contributed by atoms with Gasteiger partial charge in [0.05, 0.1) is 0 Å². The highest BCUT2D eigenvalue weighted by Crippen LogP contribution is 2.37. The summed E-state index contributed by atoms with van der Waals surface area (Å²) in [5.41, 5.74) is 6.15. The van der Waals surface area contributed by atoms with Crippen LogP contribution in [0.5, 0.6) is 5.75 Å². The fourth-order valence-electron chi connectivity index (χ4n) is 4.54. The Labute approximate surface area is 213 Å². The molecule has 0 radical (unpaired) electrons. The lowest BCUT2D eigenvalue weighted by molar-refractivity contribution is 0.00819. The Balaban J connectivity index is 1.64. The van der Waals surface area contributed by atoms with Crippen LogP contribution < -0.4 is 0 Å². The number of nitrogens with zero attached hydrogens (tertiary/aromatic N) is 1. The third-order valence-corrected chi connectivity index (χ3v) is 6.37. The molecule has 4 rings (SSSR count). The molecular formula is C31H35NO4. The van der Waals surface area contributed by atoms with Crippen molar-refractivity contribution < 1.29 is 19.7 Å². The van der Waals surface area contributed by atoms with E-state index in [2.05, 4.69) is 36.4 Å². The number of likely N-dealkylation sites (tertiary alicyclic amines) is 1. The maximum atomic E-state index is 12.3. The molecule has 5 nitrogen and oxygen atoms in total. The van der Waals surface area contributed by atoms with Crippen molar-refractivity contribution in [3.63, 3.8) is 0 Å². The molecule has 1 aliphatic heterocycles. The number of hydrogen-bond acceptors (Lipinski definition) is 4. The fraction of sp³-hybridized carbons (Fsp3) is 0.323. The molecular weight excluding hydrogens is 450 g/mol. The first-order chi connectivity index (χ1) is 17.2. The van der Waals surface area contributed by atoms with Crippen molar-refractivity contribution in [3.8, 4) is 5.75 Å². The third-order valence-electron chi connectivity index (χ3n) is 6.37. The first kappa shape index (κ1) is 25.5. The van der Waals surface area contributed by atoms with E-state index < -0.39 is 5.60 Å². The second kappa shape index (κ2) is 11.0. The second-order valence-electron chi connectivity index (χ2n) is 10.3. The second-order valence-corrected chi connectivity index (χ2v) is 10.3. The number of amides is 1. The number of aliphatic hydroxyl groups excluding tert-OH is 1. The van der Waals surface area contributed by atoms with E-state index in [0.29, 0.717) is 19.5 Å². The average molecular weight is 486 g/mol. The van der Waals surface area contributed by atoms with Gasteiger partial charge in [-0.05, 0) is 79.1 Å². The molecule has 1 aliphatic rings. The Hall–Kier alpha value is -3.57. The summed E-state index contributed by atoms with van der Waals surface area (Å²) < 4.78 is 5.48. The van der Waals surface area contributed by atoms with Crippen molar-refractivity contribution in [1.82, 2.24) is 4.90 Å². The Morgan fingerprint density at radius 3 is 2.03 bits per heavy atom. The van der Waals surface area contributed by atoms with E-state index in [0.717, 1.165) is 34.3 Å². The predicted molar refractivity (Wildman–Crippen MR) is 144 cm³/mol. The summed E-state index contributed by atoms with van der Waals surface area (Å²) in [6.45, 7) is 7.06. The van der Waals surface area contributed by atoms with Gasteiger partial charge in [0.2, 0.25) is 0 Å². The highest BCUT2D eigenvalue weighted by Gasteiger charge is 2.34. The number of allylic oxidation sites excluding steroid dienone is 1. The molecule has 0 unspecified atom stereocenters. The van der Waals surface area contributed by atoms with Crippen molar-refractivity contribution in [1.29, 1.82) is 0 Å². The summed E-state index contributed by atoms with van der Waals surface area (Å²) in [7, 11) is 0. The molecule has 1 fully saturated rings. The molecule has 0 atom stereocenters. The van der Waals surface area contributed by atoms with Crippen LogP contribution in [0, 0.1) is 0 Å². The zero-order valence-electron chi connectivity index (χ0n) is 21.3. The van der Waals surface area contributed by atoms with Crippen LogP contribution in [0.25, 0.3) is 11.1 Å². The smallest absolute Gasteiger partial charge is 0.410 e. The SMILES string of the molecule is CC(C)(C)OC(=O)N1CC(c2ccc(/C(=C(/CCCO)c3ccccc3)c3ccc(O)cc3)cc2)C1. The zero-order chi connectivity index (χ0) is 25.7. The number of aromatic hydroxyl groups is 1. The highest BCUT2D eigenvalue weighted by molar-refractivity contribution is 5.98. The molecule has 0 saturated carbocycles. The standard InChI is InChI=1S/C31H35NO4/c1-31(2,3)36-30(35)32-20-26(21-32)22-11-13-24(14-12-22)29(25-15-17-27(34)18-16-25)28(10-7-19-33)23-8-5-4-6-9-23/h4-6,8-9,11-18,26,33-34H,7,10,19-21H2,1-3H3/b29-28+. The minimum Gasteiger partial charge on any atom is -0.508 e. The summed E-state index contributed by atoms with van der Waals surface area (Å²) in [5, 5.41) is 19.5. The van der Waals surface area contributed by atoms with E-state index in [1.807, 2.05) is 51.1 Å². The van der Waals surface area contributed by atoms with Gasteiger partial charge in [-0.1, -0.05) is 66.7 Å². The maximum Gasteiger partial charge on any atom is 0.410 e. The molecule has 0 spiro atoms. The van der Waals surface area contributed by atoms with Gasteiger partial charge in [-0.25, -0.2) is 4.79 Å². The average Bonchev–Trinajstić information content (AvgIpc) is 2.82. The molecule has 36 heavy (non-hydrogen) atoms. The van der Waals surface area contributed by atoms with Crippen LogP contribution in [0.4, 0.5) is 4.79 Å². The molecule has 1 amide bonds. The van der Waals surface area contributed by atoms with Crippen molar-refractivity contribution in [3.05, 3.63) is 101 Å². The highest BCUT2D eigenvalue weighted by atomic mass is 16.6. The van der Waals surface area contributed by atoms with E-state index in [1.165, 1.54) is 5.56 Å². The number of ether oxygens (including phenoxy) is 1. The van der Waals surface area contributed by atoms with Gasteiger partial charge in [0.1, 0.15) is 11.4 Å². The van der Waals surface area contributed by atoms with Crippen molar-refractivity contribution in [2.45, 2.75) is 45.1 Å². The summed E-state index contributed by atoms with van der Waals surface area (Å²) >= 11 is 0. The molecule has 0 aliphatic carbocycles. The lowest BCUT2D eigenvalue weighted by Gasteiger charge is -2.40. The number of carbonyl (C=O) groups excluding carboxylic acids is 1. The van der Waals surface area contributed by atoms with Crippen LogP contribution in [0.15, 0.2) is 78.9 Å². The number of phenolic OH excluding ortho intramolecular Hbond substituents is 1. The van der Waals surface area contributed by atoms with Gasteiger partial charge in [0.15, 0.2) is 0 Å². The Morgan fingerprint density at radius 1 is 0.889 bits per heavy atom. The molecule has 2 N–H and O–H groups in total. The van der Waals surface area contributed by atoms with Gasteiger partial charge < -0.3 is 19.8 Å². The van der Waals surface area contributed by atoms with Crippen LogP contribution in [-0.4, -0.2) is 46.5 Å². The molecule has 0 aromatic heterocycles. The van der Waals surface area contributed by atoms with Crippen LogP contribution in [0.1, 0.15) is 61.8 Å². The number of hydrogen-bond donors (Lipinski definition) is 2. The van der Waals surface area contributed by atoms with E-state index in [4.69, 9.17) is 4.74 Å². The molecule has 188 valence electrons. The molecule has 1 heterocycles. The number of aliphatic hydroxyl groups is 1. The van der Waals surface area contributed by atoms with Crippen LogP contribution in [-0.2, 0) is 4.74 Å². The Bertz CT molecular complexity index is 1190. The quantitative estimate of drug-likeness (QED) is 0.377. The topological polar surface area (TPSA) is 70.0 Å². The lowest BCUT2D eigenvalue weighted by Crippen LogP contribution is -2.50. The Morgan fingerprint density at radius 2 is 1.47 bits per heavy atom. The largest absolute Gasteiger partial charge is 0.508 e. The molecule has 0 bridgehead atoms. The van der Waals surface area contributed by atoms with Gasteiger partial charge in [-0.3, -0.25) is 0 Å². The summed E-state index contributed by atoms with van der Waals surface area (Å²) in [5.74, 6) is 0.514. The normalized spacial score (nSPS) is 14.7. The molecule has 5 heteroatoms. The minimum absolute atomic E-state index is 0.119. The van der Waals surface area contributed by atoms with Crippen LogP contribution in [0.2, 0.25) is 0 Å². The van der Waals surface area contributed by atoms with E-state index in [-0.39, 0.29) is 24.4 Å². The van der Waals surface area contributed by atoms with Gasteiger partial charge in [-0.2, -0.15) is 0 Å². The van der Waals surface area contributed by atoms with Gasteiger partial charge in [0.25, 0.3) is 0 Å². The fourth-order valence-corrected chi connectivity index (χ4v) is 4.54. The lowest BCUT2D eigenvalue weighted by atomic mass is 9.85. The first-order valence-electron chi connectivity index (χ1n) is 12.5. The first-order valence-corrected chi connectivity index (χ1v) is 12.5. The summed E-state index contributed by atoms with van der Waals surface area (Å²) in [4.78, 5) is 14.0. The Kier molecular flexibility index (Phi) is 7.80. The number of phenols is 1. The molecule has 3 aromatic carbocycles. The molecule has 3 aromatic rings. The predicted octanol–water partition coefficient (Wildman–Crippen LogP) is 6.46.